The van der Waals surface area contributed by atoms with Crippen LogP contribution in [0.2, 0.25) is 0 Å². The van der Waals surface area contributed by atoms with Crippen LogP contribution in [0.3, 0.4) is 0 Å². The third-order valence-electron chi connectivity index (χ3n) is 3.68. The fourth-order valence-electron chi connectivity index (χ4n) is 2.36. The number of hydrogen-bond acceptors (Lipinski definition) is 7. The van der Waals surface area contributed by atoms with E-state index in [1.807, 2.05) is 6.07 Å². The molecular weight excluding hydrogens is 368 g/mol. The largest absolute Gasteiger partial charge is 0.303 e. The lowest BCUT2D eigenvalue weighted by atomic mass is 10.1. The molecule has 2 aromatic carbocycles. The summed E-state index contributed by atoms with van der Waals surface area (Å²) in [4.78, 5) is 34.5. The van der Waals surface area contributed by atoms with Crippen LogP contribution in [0, 0.1) is 10.1 Å². The Bertz CT molecular complexity index is 943. The molecule has 2 aromatic rings. The van der Waals surface area contributed by atoms with E-state index in [-0.39, 0.29) is 29.0 Å². The molecule has 1 aliphatic rings. The van der Waals surface area contributed by atoms with E-state index in [1.165, 1.54) is 18.3 Å². The first-order chi connectivity index (χ1) is 13.0. The maximum Gasteiger partial charge on any atom is 0.270 e. The summed E-state index contributed by atoms with van der Waals surface area (Å²) >= 11 is 1.13. The molecule has 1 aliphatic heterocycles. The van der Waals surface area contributed by atoms with Crippen LogP contribution in [0.25, 0.3) is 0 Å². The molecule has 1 atom stereocenters. The molecule has 0 saturated carbocycles. The highest BCUT2D eigenvalue weighted by atomic mass is 32.2. The molecule has 8 nitrogen and oxygen atoms in total. The van der Waals surface area contributed by atoms with Gasteiger partial charge >= 0.3 is 0 Å². The summed E-state index contributed by atoms with van der Waals surface area (Å²) in [5, 5.41) is 20.8. The Kier molecular flexibility index (Phi) is 5.72. The highest BCUT2D eigenvalue weighted by Crippen LogP contribution is 2.24. The Balaban J connectivity index is 1.62. The van der Waals surface area contributed by atoms with Gasteiger partial charge in [-0.1, -0.05) is 54.2 Å². The molecule has 0 aliphatic carbocycles. The van der Waals surface area contributed by atoms with Crippen molar-refractivity contribution >= 4 is 40.5 Å². The number of amidine groups is 1. The lowest BCUT2D eigenvalue weighted by molar-refractivity contribution is -0.384. The Labute approximate surface area is 158 Å². The third-order valence-corrected chi connectivity index (χ3v) is 4.75. The minimum absolute atomic E-state index is 0.0466. The van der Waals surface area contributed by atoms with E-state index in [1.54, 1.807) is 36.4 Å². The molecule has 136 valence electrons. The number of carbonyl (C=O) groups excluding carboxylic acids is 2. The van der Waals surface area contributed by atoms with Crippen LogP contribution in [-0.4, -0.2) is 33.2 Å². The topological polar surface area (TPSA) is 114 Å². The van der Waals surface area contributed by atoms with Crippen molar-refractivity contribution in [1.82, 2.24) is 5.32 Å². The number of thioether (sulfide) groups is 1. The third kappa shape index (κ3) is 4.85. The molecule has 27 heavy (non-hydrogen) atoms. The number of hydrogen-bond donors (Lipinski definition) is 1. The zero-order chi connectivity index (χ0) is 19.2. The van der Waals surface area contributed by atoms with Gasteiger partial charge in [0.15, 0.2) is 11.0 Å². The molecule has 3 rings (SSSR count). The second-order valence-corrected chi connectivity index (χ2v) is 6.78. The minimum Gasteiger partial charge on any atom is -0.303 e. The molecule has 0 radical (unpaired) electrons. The van der Waals surface area contributed by atoms with Gasteiger partial charge in [-0.15, -0.1) is 5.10 Å². The Hall–Kier alpha value is -3.33. The number of Topliss-reactive ketones (excluding diaryl/α,β-unsaturated/α-hetero) is 1. The first-order valence-corrected chi connectivity index (χ1v) is 8.82. The Morgan fingerprint density at radius 1 is 1.22 bits per heavy atom. The average molecular weight is 382 g/mol. The smallest absolute Gasteiger partial charge is 0.270 e. The average Bonchev–Trinajstić information content (AvgIpc) is 3.02. The number of rotatable bonds is 6. The van der Waals surface area contributed by atoms with Crippen molar-refractivity contribution in [1.29, 1.82) is 0 Å². The van der Waals surface area contributed by atoms with Crippen LogP contribution >= 0.6 is 11.8 Å². The number of nitrogens with one attached hydrogen (secondary N) is 1. The number of nitrogens with zero attached hydrogens (tertiary/aromatic N) is 3. The van der Waals surface area contributed by atoms with Gasteiger partial charge in [0.1, 0.15) is 0 Å². The van der Waals surface area contributed by atoms with E-state index in [0.717, 1.165) is 11.8 Å². The van der Waals surface area contributed by atoms with E-state index in [0.29, 0.717) is 11.1 Å². The van der Waals surface area contributed by atoms with E-state index in [9.17, 15) is 19.7 Å². The standard InChI is InChI=1S/C18H14N4O4S/c23-15(13-6-2-1-3-7-13)10-16-17(24)20-18(27-16)21-19-11-12-5-4-8-14(9-12)22(25)26/h1-9,11,16H,10H2,(H,20,21,24). The van der Waals surface area contributed by atoms with Crippen molar-refractivity contribution in [3.05, 3.63) is 75.8 Å². The van der Waals surface area contributed by atoms with Crippen LogP contribution in [-0.2, 0) is 4.79 Å². The van der Waals surface area contributed by atoms with Crippen molar-refractivity contribution in [3.63, 3.8) is 0 Å². The van der Waals surface area contributed by atoms with Gasteiger partial charge in [0.05, 0.1) is 16.4 Å². The zero-order valence-corrected chi connectivity index (χ0v) is 14.8. The molecule has 9 heteroatoms. The number of nitro benzene ring substituents is 1. The molecule has 0 aromatic heterocycles. The summed E-state index contributed by atoms with van der Waals surface area (Å²) in [5.74, 6) is -0.418. The quantitative estimate of drug-likeness (QED) is 0.357. The number of benzene rings is 2. The van der Waals surface area contributed by atoms with Gasteiger partial charge in [-0.3, -0.25) is 19.7 Å². The number of nitro groups is 1. The van der Waals surface area contributed by atoms with Gasteiger partial charge in [-0.25, -0.2) is 0 Å². The number of carbonyl (C=O) groups is 2. The second-order valence-electron chi connectivity index (χ2n) is 5.59. The van der Waals surface area contributed by atoms with E-state index in [2.05, 4.69) is 15.5 Å². The summed E-state index contributed by atoms with van der Waals surface area (Å²) in [6, 6.07) is 14.7. The molecule has 1 heterocycles. The molecule has 0 bridgehead atoms. The van der Waals surface area contributed by atoms with Crippen LogP contribution in [0.1, 0.15) is 22.3 Å². The number of ketones is 1. The SMILES string of the molecule is O=C(CC1SC(=NN=Cc2cccc([N+](=O)[O-])c2)NC1=O)c1ccccc1. The molecule has 1 fully saturated rings. The summed E-state index contributed by atoms with van der Waals surface area (Å²) in [7, 11) is 0. The molecule has 1 N–H and O–H groups in total. The van der Waals surface area contributed by atoms with Gasteiger partial charge in [0.25, 0.3) is 5.69 Å². The summed E-state index contributed by atoms with van der Waals surface area (Å²) in [6.45, 7) is 0. The molecule has 1 unspecified atom stereocenters. The maximum atomic E-state index is 12.2. The van der Waals surface area contributed by atoms with Crippen LogP contribution in [0.5, 0.6) is 0 Å². The van der Waals surface area contributed by atoms with Crippen LogP contribution in [0.15, 0.2) is 64.8 Å². The second kappa shape index (κ2) is 8.37. The maximum absolute atomic E-state index is 12.2. The van der Waals surface area contributed by atoms with Crippen molar-refractivity contribution in [2.45, 2.75) is 11.7 Å². The lowest BCUT2D eigenvalue weighted by Crippen LogP contribution is -2.26. The van der Waals surface area contributed by atoms with Crippen LogP contribution in [0.4, 0.5) is 5.69 Å². The fraction of sp³-hybridized carbons (Fsp3) is 0.111. The van der Waals surface area contributed by atoms with Crippen molar-refractivity contribution in [3.8, 4) is 0 Å². The fourth-order valence-corrected chi connectivity index (χ4v) is 3.29. The van der Waals surface area contributed by atoms with E-state index in [4.69, 9.17) is 0 Å². The first kappa shape index (κ1) is 18.5. The summed E-state index contributed by atoms with van der Waals surface area (Å²) < 4.78 is 0. The predicted molar refractivity (Wildman–Crippen MR) is 103 cm³/mol. The molecule has 0 spiro atoms. The van der Waals surface area contributed by atoms with Crippen LogP contribution < -0.4 is 5.32 Å². The lowest BCUT2D eigenvalue weighted by Gasteiger charge is -2.04. The normalized spacial score (nSPS) is 18.0. The van der Waals surface area contributed by atoms with Crippen molar-refractivity contribution in [2.75, 3.05) is 0 Å². The Morgan fingerprint density at radius 2 is 2.00 bits per heavy atom. The summed E-state index contributed by atoms with van der Waals surface area (Å²) in [5.41, 5.74) is 1.02. The Morgan fingerprint density at radius 3 is 2.74 bits per heavy atom. The van der Waals surface area contributed by atoms with Gasteiger partial charge in [-0.2, -0.15) is 5.10 Å². The van der Waals surface area contributed by atoms with Crippen molar-refractivity contribution < 1.29 is 14.5 Å². The predicted octanol–water partition coefficient (Wildman–Crippen LogP) is 2.79. The van der Waals surface area contributed by atoms with Gasteiger partial charge < -0.3 is 5.32 Å². The van der Waals surface area contributed by atoms with E-state index < -0.39 is 10.2 Å². The number of non-ortho nitro benzene ring substituents is 1. The highest BCUT2D eigenvalue weighted by Gasteiger charge is 2.32. The monoisotopic (exact) mass is 382 g/mol. The van der Waals surface area contributed by atoms with Crippen molar-refractivity contribution in [2.24, 2.45) is 10.2 Å². The minimum atomic E-state index is -0.565. The highest BCUT2D eigenvalue weighted by molar-refractivity contribution is 8.15. The number of amides is 1. The van der Waals surface area contributed by atoms with E-state index >= 15 is 0 Å². The molecule has 1 amide bonds. The zero-order valence-electron chi connectivity index (χ0n) is 13.9. The first-order valence-electron chi connectivity index (χ1n) is 7.94. The van der Waals surface area contributed by atoms with Gasteiger partial charge in [0.2, 0.25) is 5.91 Å². The van der Waals surface area contributed by atoms with Gasteiger partial charge in [0, 0.05) is 29.7 Å². The molecule has 1 saturated heterocycles. The summed E-state index contributed by atoms with van der Waals surface area (Å²) in [6.07, 6.45) is 1.42. The molecular formula is C18H14N4O4S. The van der Waals surface area contributed by atoms with Gasteiger partial charge in [-0.05, 0) is 0 Å².